The van der Waals surface area contributed by atoms with Crippen LogP contribution in [0.25, 0.3) is 23.0 Å². The SMILES string of the molecule is COC(=O)C1=C(C)N=c2sc(=Cc3cn(-c4ccccc4)nc3-c3ccc(OC)cc3)c(=O)n2C1c1cccs1. The van der Waals surface area contributed by atoms with Gasteiger partial charge in [-0.15, -0.1) is 11.3 Å². The highest BCUT2D eigenvalue weighted by Gasteiger charge is 2.33. The van der Waals surface area contributed by atoms with E-state index < -0.39 is 12.0 Å². The first-order chi connectivity index (χ1) is 19.5. The van der Waals surface area contributed by atoms with Crippen LogP contribution in [0.1, 0.15) is 23.4 Å². The van der Waals surface area contributed by atoms with Gasteiger partial charge in [-0.05, 0) is 60.8 Å². The lowest BCUT2D eigenvalue weighted by Crippen LogP contribution is -2.39. The lowest BCUT2D eigenvalue weighted by atomic mass is 10.0. The summed E-state index contributed by atoms with van der Waals surface area (Å²) in [5, 5.41) is 6.80. The molecule has 1 unspecified atom stereocenters. The lowest BCUT2D eigenvalue weighted by Gasteiger charge is -2.22. The summed E-state index contributed by atoms with van der Waals surface area (Å²) in [6, 6.07) is 20.7. The molecule has 40 heavy (non-hydrogen) atoms. The zero-order valence-corrected chi connectivity index (χ0v) is 23.5. The molecule has 1 aliphatic heterocycles. The largest absolute Gasteiger partial charge is 0.497 e. The zero-order chi connectivity index (χ0) is 27.8. The minimum atomic E-state index is -0.612. The highest BCUT2D eigenvalue weighted by atomic mass is 32.1. The molecule has 0 fully saturated rings. The molecule has 8 nitrogen and oxygen atoms in total. The molecule has 0 bridgehead atoms. The molecule has 10 heteroatoms. The van der Waals surface area contributed by atoms with Crippen LogP contribution in [0.15, 0.2) is 99.4 Å². The van der Waals surface area contributed by atoms with E-state index in [1.807, 2.05) is 84.4 Å². The van der Waals surface area contributed by atoms with Crippen LogP contribution in [0, 0.1) is 0 Å². The Balaban J connectivity index is 1.55. The Morgan fingerprint density at radius 3 is 2.48 bits per heavy atom. The van der Waals surface area contributed by atoms with Crippen LogP contribution in [0.3, 0.4) is 0 Å². The fourth-order valence-electron chi connectivity index (χ4n) is 4.73. The number of esters is 1. The number of benzene rings is 2. The summed E-state index contributed by atoms with van der Waals surface area (Å²) in [5.74, 6) is 0.242. The van der Waals surface area contributed by atoms with Gasteiger partial charge in [0.25, 0.3) is 5.56 Å². The molecule has 2 aromatic carbocycles. The number of para-hydroxylation sites is 1. The summed E-state index contributed by atoms with van der Waals surface area (Å²) in [6.07, 6.45) is 3.76. The first-order valence-corrected chi connectivity index (χ1v) is 14.1. The van der Waals surface area contributed by atoms with Crippen molar-refractivity contribution in [2.75, 3.05) is 14.2 Å². The zero-order valence-electron chi connectivity index (χ0n) is 21.9. The molecule has 200 valence electrons. The van der Waals surface area contributed by atoms with Gasteiger partial charge >= 0.3 is 5.97 Å². The van der Waals surface area contributed by atoms with Crippen molar-refractivity contribution in [2.45, 2.75) is 13.0 Å². The van der Waals surface area contributed by atoms with E-state index in [1.54, 1.807) is 23.3 Å². The fraction of sp³-hybridized carbons (Fsp3) is 0.133. The van der Waals surface area contributed by atoms with E-state index in [2.05, 4.69) is 4.99 Å². The van der Waals surface area contributed by atoms with Gasteiger partial charge in [-0.25, -0.2) is 14.5 Å². The number of carbonyl (C=O) groups is 1. The second-order valence-electron chi connectivity index (χ2n) is 9.03. The van der Waals surface area contributed by atoms with Crippen molar-refractivity contribution < 1.29 is 14.3 Å². The quantitative estimate of drug-likeness (QED) is 0.285. The van der Waals surface area contributed by atoms with E-state index in [0.717, 1.165) is 33.1 Å². The number of carbonyl (C=O) groups excluding carboxylic acids is 1. The maximum Gasteiger partial charge on any atom is 0.338 e. The van der Waals surface area contributed by atoms with Crippen LogP contribution in [-0.2, 0) is 9.53 Å². The molecule has 5 aromatic rings. The number of aromatic nitrogens is 3. The van der Waals surface area contributed by atoms with E-state index >= 15 is 0 Å². The first-order valence-electron chi connectivity index (χ1n) is 12.4. The van der Waals surface area contributed by atoms with Crippen molar-refractivity contribution in [3.8, 4) is 22.7 Å². The van der Waals surface area contributed by atoms with Crippen LogP contribution in [0.2, 0.25) is 0 Å². The maximum absolute atomic E-state index is 14.0. The number of allylic oxidation sites excluding steroid dienone is 1. The number of rotatable bonds is 6. The molecule has 0 amide bonds. The van der Waals surface area contributed by atoms with E-state index in [-0.39, 0.29) is 5.56 Å². The summed E-state index contributed by atoms with van der Waals surface area (Å²) in [6.45, 7) is 1.77. The third kappa shape index (κ3) is 4.51. The molecule has 0 saturated heterocycles. The lowest BCUT2D eigenvalue weighted by molar-refractivity contribution is -0.136. The average molecular weight is 569 g/mol. The van der Waals surface area contributed by atoms with Crippen molar-refractivity contribution in [3.63, 3.8) is 0 Å². The number of thiazole rings is 1. The standard InChI is InChI=1S/C30H24N4O4S2/c1-18-25(29(36)38-3)27(23-10-7-15-39-23)34-28(35)24(40-30(34)31-18)16-20-17-33(21-8-5-4-6-9-21)32-26(20)19-11-13-22(37-2)14-12-19/h4-17,27H,1-3H3. The Bertz CT molecular complexity index is 1920. The molecule has 0 radical (unpaired) electrons. The molecule has 0 saturated carbocycles. The summed E-state index contributed by atoms with van der Waals surface area (Å²) in [5.41, 5.74) is 3.94. The minimum Gasteiger partial charge on any atom is -0.497 e. The van der Waals surface area contributed by atoms with E-state index in [0.29, 0.717) is 20.6 Å². The molecule has 1 atom stereocenters. The number of hydrogen-bond acceptors (Lipinski definition) is 8. The topological polar surface area (TPSA) is 87.7 Å². The van der Waals surface area contributed by atoms with Gasteiger partial charge in [0, 0.05) is 22.2 Å². The molecule has 4 heterocycles. The van der Waals surface area contributed by atoms with Crippen LogP contribution in [0.5, 0.6) is 5.75 Å². The monoisotopic (exact) mass is 568 g/mol. The van der Waals surface area contributed by atoms with Gasteiger partial charge in [0.2, 0.25) is 0 Å². The Kier molecular flexibility index (Phi) is 6.79. The number of thiophene rings is 1. The van der Waals surface area contributed by atoms with Gasteiger partial charge in [-0.3, -0.25) is 9.36 Å². The van der Waals surface area contributed by atoms with Gasteiger partial charge in [0.05, 0.1) is 35.7 Å². The molecule has 0 spiro atoms. The van der Waals surface area contributed by atoms with Gasteiger partial charge in [-0.1, -0.05) is 35.6 Å². The number of ether oxygens (including phenoxy) is 2. The Labute approximate surface area is 237 Å². The molecule has 6 rings (SSSR count). The van der Waals surface area contributed by atoms with Crippen molar-refractivity contribution >= 4 is 34.7 Å². The van der Waals surface area contributed by atoms with E-state index in [9.17, 15) is 9.59 Å². The molecule has 3 aromatic heterocycles. The molecule has 0 aliphatic carbocycles. The van der Waals surface area contributed by atoms with Crippen molar-refractivity contribution in [1.29, 1.82) is 0 Å². The molecule has 0 N–H and O–H groups in total. The Morgan fingerprint density at radius 1 is 1.02 bits per heavy atom. The third-order valence-electron chi connectivity index (χ3n) is 6.65. The number of fused-ring (bicyclic) bond motifs is 1. The maximum atomic E-state index is 14.0. The fourth-order valence-corrected chi connectivity index (χ4v) is 6.59. The summed E-state index contributed by atoms with van der Waals surface area (Å²) in [7, 11) is 2.96. The van der Waals surface area contributed by atoms with E-state index in [1.165, 1.54) is 29.8 Å². The van der Waals surface area contributed by atoms with Crippen molar-refractivity contribution in [1.82, 2.24) is 14.3 Å². The normalized spacial score (nSPS) is 15.1. The minimum absolute atomic E-state index is 0.232. The second kappa shape index (κ2) is 10.6. The third-order valence-corrected chi connectivity index (χ3v) is 8.56. The smallest absolute Gasteiger partial charge is 0.338 e. The highest BCUT2D eigenvalue weighted by Crippen LogP contribution is 2.33. The van der Waals surface area contributed by atoms with Crippen LogP contribution >= 0.6 is 22.7 Å². The van der Waals surface area contributed by atoms with Gasteiger partial charge in [-0.2, -0.15) is 5.10 Å². The van der Waals surface area contributed by atoms with Crippen LogP contribution in [0.4, 0.5) is 0 Å². The molecule has 1 aliphatic rings. The summed E-state index contributed by atoms with van der Waals surface area (Å²) < 4.78 is 14.3. The highest BCUT2D eigenvalue weighted by molar-refractivity contribution is 7.10. The second-order valence-corrected chi connectivity index (χ2v) is 11.0. The number of methoxy groups -OCH3 is 2. The summed E-state index contributed by atoms with van der Waals surface area (Å²) >= 11 is 2.77. The Morgan fingerprint density at radius 2 is 1.80 bits per heavy atom. The van der Waals surface area contributed by atoms with Crippen molar-refractivity contribution in [2.24, 2.45) is 4.99 Å². The van der Waals surface area contributed by atoms with Gasteiger partial charge in [0.1, 0.15) is 17.5 Å². The first kappa shape index (κ1) is 25.7. The Hall–Kier alpha value is -4.54. The average Bonchev–Trinajstić information content (AvgIpc) is 3.73. The van der Waals surface area contributed by atoms with Gasteiger partial charge in [0.15, 0.2) is 4.80 Å². The predicted octanol–water partition coefficient (Wildman–Crippen LogP) is 4.33. The van der Waals surface area contributed by atoms with E-state index in [4.69, 9.17) is 14.6 Å². The van der Waals surface area contributed by atoms with Crippen molar-refractivity contribution in [3.05, 3.63) is 120 Å². The molecular weight excluding hydrogens is 544 g/mol. The molecular formula is C30H24N4O4S2. The number of nitrogens with zero attached hydrogens (tertiary/aromatic N) is 4. The van der Waals surface area contributed by atoms with Crippen LogP contribution in [-0.4, -0.2) is 34.5 Å². The summed E-state index contributed by atoms with van der Waals surface area (Å²) in [4.78, 5) is 32.8. The number of hydrogen-bond donors (Lipinski definition) is 0. The van der Waals surface area contributed by atoms with Crippen LogP contribution < -0.4 is 19.6 Å². The predicted molar refractivity (Wildman–Crippen MR) is 156 cm³/mol. The van der Waals surface area contributed by atoms with Gasteiger partial charge < -0.3 is 9.47 Å².